The molecule has 32 heavy (non-hydrogen) atoms. The lowest BCUT2D eigenvalue weighted by Crippen LogP contribution is -2.31. The molecule has 3 aromatic carbocycles. The zero-order chi connectivity index (χ0) is 22.2. The Balaban J connectivity index is 1.76. The zero-order valence-electron chi connectivity index (χ0n) is 17.5. The van der Waals surface area contributed by atoms with E-state index in [1.807, 2.05) is 72.8 Å². The Labute approximate surface area is 185 Å². The van der Waals surface area contributed by atoms with Crippen LogP contribution in [0.5, 0.6) is 5.75 Å². The Kier molecular flexibility index (Phi) is 4.90. The van der Waals surface area contributed by atoms with Gasteiger partial charge in [-0.25, -0.2) is 0 Å². The molecule has 1 aliphatic heterocycles. The van der Waals surface area contributed by atoms with Crippen molar-refractivity contribution >= 4 is 22.8 Å². The number of hydrogen-bond donors (Lipinski definition) is 2. The number of carboxylic acid groups (broad SMARTS) is 1. The van der Waals surface area contributed by atoms with Crippen LogP contribution in [0.1, 0.15) is 33.9 Å². The van der Waals surface area contributed by atoms with E-state index in [2.05, 4.69) is 4.98 Å². The van der Waals surface area contributed by atoms with Gasteiger partial charge in [-0.05, 0) is 29.8 Å². The number of aromatic amines is 1. The highest BCUT2D eigenvalue weighted by molar-refractivity contribution is 6.02. The third kappa shape index (κ3) is 3.21. The van der Waals surface area contributed by atoms with Crippen LogP contribution in [0.4, 0.5) is 0 Å². The van der Waals surface area contributed by atoms with Gasteiger partial charge >= 0.3 is 5.97 Å². The van der Waals surface area contributed by atoms with Gasteiger partial charge in [0.2, 0.25) is 0 Å². The summed E-state index contributed by atoms with van der Waals surface area (Å²) in [6.45, 7) is 0.130. The molecule has 6 nitrogen and oxygen atoms in total. The second-order valence-corrected chi connectivity index (χ2v) is 7.82. The maximum absolute atomic E-state index is 13.3. The number of fused-ring (bicyclic) bond motifs is 2. The van der Waals surface area contributed by atoms with Crippen molar-refractivity contribution in [3.63, 3.8) is 0 Å². The van der Waals surface area contributed by atoms with Crippen molar-refractivity contribution in [1.82, 2.24) is 9.88 Å². The van der Waals surface area contributed by atoms with E-state index in [1.165, 1.54) is 0 Å². The second-order valence-electron chi connectivity index (χ2n) is 7.82. The molecule has 0 unspecified atom stereocenters. The molecule has 5 rings (SSSR count). The van der Waals surface area contributed by atoms with Gasteiger partial charge in [-0.2, -0.15) is 0 Å². The third-order valence-corrected chi connectivity index (χ3v) is 6.00. The van der Waals surface area contributed by atoms with Gasteiger partial charge in [-0.15, -0.1) is 0 Å². The molecule has 0 saturated heterocycles. The molecule has 1 amide bonds. The van der Waals surface area contributed by atoms with Crippen molar-refractivity contribution < 1.29 is 19.4 Å². The lowest BCUT2D eigenvalue weighted by Gasteiger charge is -2.26. The number of benzene rings is 3. The number of rotatable bonds is 6. The molecule has 1 atom stereocenters. The fraction of sp³-hybridized carbons (Fsp3) is 0.154. The highest BCUT2D eigenvalue weighted by Crippen LogP contribution is 2.45. The fourth-order valence-electron chi connectivity index (χ4n) is 4.58. The first-order valence-electron chi connectivity index (χ1n) is 10.4. The number of H-pyrrole nitrogens is 1. The summed E-state index contributed by atoms with van der Waals surface area (Å²) in [5, 5.41) is 10.3. The molecule has 0 bridgehead atoms. The highest BCUT2D eigenvalue weighted by atomic mass is 16.5. The Morgan fingerprint density at radius 3 is 2.66 bits per heavy atom. The lowest BCUT2D eigenvalue weighted by molar-refractivity contribution is -0.137. The van der Waals surface area contributed by atoms with Crippen molar-refractivity contribution in [2.45, 2.75) is 12.5 Å². The Bertz CT molecular complexity index is 1340. The number of carbonyl (C=O) groups excluding carboxylic acids is 1. The maximum Gasteiger partial charge on any atom is 0.305 e. The van der Waals surface area contributed by atoms with Gasteiger partial charge in [0.15, 0.2) is 0 Å². The number of aliphatic carboxylic acids is 1. The van der Waals surface area contributed by atoms with E-state index in [0.717, 1.165) is 39.0 Å². The molecule has 4 aromatic rings. The number of carboxylic acids is 1. The van der Waals surface area contributed by atoms with Crippen LogP contribution in [-0.2, 0) is 4.79 Å². The van der Waals surface area contributed by atoms with Crippen LogP contribution >= 0.6 is 0 Å². The van der Waals surface area contributed by atoms with Crippen LogP contribution in [0.25, 0.3) is 22.2 Å². The first kappa shape index (κ1) is 19.9. The minimum Gasteiger partial charge on any atom is -0.497 e. The summed E-state index contributed by atoms with van der Waals surface area (Å²) < 4.78 is 5.43. The number of aromatic nitrogens is 1. The topological polar surface area (TPSA) is 82.6 Å². The quantitative estimate of drug-likeness (QED) is 0.461. The van der Waals surface area contributed by atoms with Gasteiger partial charge in [-0.3, -0.25) is 9.59 Å². The fourth-order valence-corrected chi connectivity index (χ4v) is 4.58. The minimum atomic E-state index is -0.931. The van der Waals surface area contributed by atoms with Crippen LogP contribution in [0.15, 0.2) is 72.8 Å². The highest BCUT2D eigenvalue weighted by Gasteiger charge is 2.40. The maximum atomic E-state index is 13.3. The Morgan fingerprint density at radius 1 is 1.06 bits per heavy atom. The number of carbonyl (C=O) groups is 2. The van der Waals surface area contributed by atoms with Crippen molar-refractivity contribution in [2.75, 3.05) is 13.7 Å². The van der Waals surface area contributed by atoms with Crippen LogP contribution in [0, 0.1) is 0 Å². The molecule has 6 heteroatoms. The number of para-hydroxylation sites is 1. The van der Waals surface area contributed by atoms with Crippen molar-refractivity contribution in [1.29, 1.82) is 0 Å². The number of nitrogens with one attached hydrogen (secondary N) is 1. The number of nitrogens with zero attached hydrogens (tertiary/aromatic N) is 1. The van der Waals surface area contributed by atoms with Gasteiger partial charge in [-0.1, -0.05) is 48.5 Å². The average Bonchev–Trinajstić information content (AvgIpc) is 3.33. The molecule has 2 heterocycles. The number of amides is 1. The smallest absolute Gasteiger partial charge is 0.305 e. The zero-order valence-corrected chi connectivity index (χ0v) is 17.5. The van der Waals surface area contributed by atoms with Crippen molar-refractivity contribution in [2.24, 2.45) is 0 Å². The normalized spacial score (nSPS) is 15.2. The molecule has 2 N–H and O–H groups in total. The van der Waals surface area contributed by atoms with Gasteiger partial charge in [0.1, 0.15) is 5.75 Å². The third-order valence-electron chi connectivity index (χ3n) is 6.00. The molecular weight excluding hydrogens is 404 g/mol. The molecule has 0 spiro atoms. The van der Waals surface area contributed by atoms with E-state index in [-0.39, 0.29) is 18.9 Å². The van der Waals surface area contributed by atoms with E-state index < -0.39 is 12.0 Å². The molecule has 0 saturated carbocycles. The summed E-state index contributed by atoms with van der Waals surface area (Å²) in [4.78, 5) is 29.9. The number of hydrogen-bond acceptors (Lipinski definition) is 3. The van der Waals surface area contributed by atoms with E-state index in [4.69, 9.17) is 4.74 Å². The summed E-state index contributed by atoms with van der Waals surface area (Å²) >= 11 is 0. The van der Waals surface area contributed by atoms with Crippen molar-refractivity contribution in [3.8, 4) is 17.0 Å². The van der Waals surface area contributed by atoms with Crippen LogP contribution in [0.2, 0.25) is 0 Å². The summed E-state index contributed by atoms with van der Waals surface area (Å²) in [6, 6.07) is 22.9. The average molecular weight is 426 g/mol. The summed E-state index contributed by atoms with van der Waals surface area (Å²) in [5.74, 6) is -0.342. The summed E-state index contributed by atoms with van der Waals surface area (Å²) in [6.07, 6.45) is -0.118. The largest absolute Gasteiger partial charge is 0.497 e. The van der Waals surface area contributed by atoms with Crippen molar-refractivity contribution in [3.05, 3.63) is 89.5 Å². The number of ether oxygens (including phenoxy) is 1. The predicted molar refractivity (Wildman–Crippen MR) is 122 cm³/mol. The standard InChI is InChI=1S/C26H22N2O4/c1-32-17-8-6-7-16(15-17)24-23(20-11-4-5-12-21(20)27-24)25-18-9-2-3-10-19(18)26(31)28(25)14-13-22(29)30/h2-12,15,25,27H,13-14H2,1H3,(H,29,30)/t25-/m1/s1. The van der Waals surface area contributed by atoms with Gasteiger partial charge in [0.05, 0.1) is 25.3 Å². The minimum absolute atomic E-state index is 0.118. The van der Waals surface area contributed by atoms with E-state index >= 15 is 0 Å². The first-order valence-corrected chi connectivity index (χ1v) is 10.4. The summed E-state index contributed by atoms with van der Waals surface area (Å²) in [7, 11) is 1.63. The van der Waals surface area contributed by atoms with Gasteiger partial charge in [0.25, 0.3) is 5.91 Å². The van der Waals surface area contributed by atoms with Crippen LogP contribution in [0.3, 0.4) is 0 Å². The predicted octanol–water partition coefficient (Wildman–Crippen LogP) is 4.86. The van der Waals surface area contributed by atoms with E-state index in [9.17, 15) is 14.7 Å². The SMILES string of the molecule is COc1cccc(-c2[nH]c3ccccc3c2[C@H]2c3ccccc3C(=O)N2CCC(=O)O)c1. The second kappa shape index (κ2) is 7.89. The number of methoxy groups -OCH3 is 1. The Hall–Kier alpha value is -4.06. The first-order chi connectivity index (χ1) is 15.6. The molecule has 160 valence electrons. The summed E-state index contributed by atoms with van der Waals surface area (Å²) in [5.41, 5.74) is 5.24. The van der Waals surface area contributed by atoms with E-state index in [1.54, 1.807) is 12.0 Å². The van der Waals surface area contributed by atoms with Gasteiger partial charge in [0, 0.05) is 34.1 Å². The van der Waals surface area contributed by atoms with Crippen LogP contribution in [-0.4, -0.2) is 40.5 Å². The Morgan fingerprint density at radius 2 is 1.84 bits per heavy atom. The molecule has 1 aliphatic rings. The molecule has 0 radical (unpaired) electrons. The molecular formula is C26H22N2O4. The van der Waals surface area contributed by atoms with E-state index in [0.29, 0.717) is 5.56 Å². The lowest BCUT2D eigenvalue weighted by atomic mass is 9.93. The molecule has 0 aliphatic carbocycles. The molecule has 0 fully saturated rings. The molecule has 1 aromatic heterocycles. The van der Waals surface area contributed by atoms with Gasteiger partial charge < -0.3 is 19.7 Å². The monoisotopic (exact) mass is 426 g/mol. The van der Waals surface area contributed by atoms with Crippen LogP contribution < -0.4 is 4.74 Å².